The predicted octanol–water partition coefficient (Wildman–Crippen LogP) is 2.79. The maximum absolute atomic E-state index is 13.1. The lowest BCUT2D eigenvalue weighted by atomic mass is 9.98. The molecule has 1 heterocycles. The average molecular weight is 207 g/mol. The maximum atomic E-state index is 13.1. The van der Waals surface area contributed by atoms with Crippen molar-refractivity contribution in [2.45, 2.75) is 19.3 Å². The molecular weight excluding hydrogens is 193 g/mol. The summed E-state index contributed by atoms with van der Waals surface area (Å²) in [4.78, 5) is 3.11. The van der Waals surface area contributed by atoms with Crippen molar-refractivity contribution in [2.24, 2.45) is 0 Å². The van der Waals surface area contributed by atoms with E-state index in [0.29, 0.717) is 6.42 Å². The van der Waals surface area contributed by atoms with Gasteiger partial charge in [0.15, 0.2) is 0 Å². The molecule has 3 heteroatoms. The van der Waals surface area contributed by atoms with Crippen LogP contribution in [0.5, 0.6) is 0 Å². The lowest BCUT2D eigenvalue weighted by Gasteiger charge is -2.07. The SMILES string of the molecule is C[C@H](CCO)c1c[nH]c2ccc(F)cc12. The van der Waals surface area contributed by atoms with Gasteiger partial charge in [-0.2, -0.15) is 0 Å². The summed E-state index contributed by atoms with van der Waals surface area (Å²) < 4.78 is 13.1. The Kier molecular flexibility index (Phi) is 2.73. The minimum atomic E-state index is -0.223. The monoisotopic (exact) mass is 207 g/mol. The van der Waals surface area contributed by atoms with E-state index in [-0.39, 0.29) is 18.3 Å². The maximum Gasteiger partial charge on any atom is 0.123 e. The molecule has 0 fully saturated rings. The number of aromatic amines is 1. The van der Waals surface area contributed by atoms with Crippen LogP contribution in [-0.2, 0) is 0 Å². The zero-order chi connectivity index (χ0) is 10.8. The Labute approximate surface area is 87.7 Å². The molecule has 2 rings (SSSR count). The van der Waals surface area contributed by atoms with Crippen molar-refractivity contribution < 1.29 is 9.50 Å². The van der Waals surface area contributed by atoms with Crippen LogP contribution in [0.2, 0.25) is 0 Å². The zero-order valence-corrected chi connectivity index (χ0v) is 8.63. The van der Waals surface area contributed by atoms with Crippen LogP contribution in [0, 0.1) is 5.82 Å². The summed E-state index contributed by atoms with van der Waals surface area (Å²) in [7, 11) is 0. The second-order valence-corrected chi connectivity index (χ2v) is 3.85. The minimum Gasteiger partial charge on any atom is -0.396 e. The minimum absolute atomic E-state index is 0.156. The number of rotatable bonds is 3. The van der Waals surface area contributed by atoms with Crippen molar-refractivity contribution in [1.82, 2.24) is 4.98 Å². The number of fused-ring (bicyclic) bond motifs is 1. The van der Waals surface area contributed by atoms with Gasteiger partial charge >= 0.3 is 0 Å². The molecule has 0 spiro atoms. The highest BCUT2D eigenvalue weighted by molar-refractivity contribution is 5.83. The van der Waals surface area contributed by atoms with Crippen molar-refractivity contribution >= 4 is 10.9 Å². The first kappa shape index (κ1) is 10.2. The van der Waals surface area contributed by atoms with Crippen LogP contribution in [0.15, 0.2) is 24.4 Å². The van der Waals surface area contributed by atoms with Crippen LogP contribution >= 0.6 is 0 Å². The molecule has 80 valence electrons. The Morgan fingerprint density at radius 2 is 2.27 bits per heavy atom. The van der Waals surface area contributed by atoms with Gasteiger partial charge < -0.3 is 10.1 Å². The molecule has 1 aromatic heterocycles. The molecule has 2 nitrogen and oxygen atoms in total. The van der Waals surface area contributed by atoms with Gasteiger partial charge in [0.2, 0.25) is 0 Å². The number of aliphatic hydroxyl groups is 1. The van der Waals surface area contributed by atoms with Crippen molar-refractivity contribution in [3.8, 4) is 0 Å². The number of hydrogen-bond acceptors (Lipinski definition) is 1. The molecule has 15 heavy (non-hydrogen) atoms. The average Bonchev–Trinajstić information content (AvgIpc) is 2.60. The summed E-state index contributed by atoms with van der Waals surface area (Å²) >= 11 is 0. The third-order valence-electron chi connectivity index (χ3n) is 2.77. The van der Waals surface area contributed by atoms with Crippen LogP contribution in [0.25, 0.3) is 10.9 Å². The summed E-state index contributed by atoms with van der Waals surface area (Å²) in [5, 5.41) is 9.79. The zero-order valence-electron chi connectivity index (χ0n) is 8.63. The van der Waals surface area contributed by atoms with Crippen LogP contribution in [0.3, 0.4) is 0 Å². The number of hydrogen-bond donors (Lipinski definition) is 2. The molecule has 0 radical (unpaired) electrons. The smallest absolute Gasteiger partial charge is 0.123 e. The molecule has 0 saturated heterocycles. The van der Waals surface area contributed by atoms with Gasteiger partial charge in [-0.25, -0.2) is 4.39 Å². The Morgan fingerprint density at radius 3 is 3.00 bits per heavy atom. The van der Waals surface area contributed by atoms with Gasteiger partial charge in [0.05, 0.1) is 0 Å². The molecule has 2 N–H and O–H groups in total. The summed E-state index contributed by atoms with van der Waals surface area (Å²) in [6.07, 6.45) is 2.59. The van der Waals surface area contributed by atoms with Gasteiger partial charge in [-0.1, -0.05) is 6.92 Å². The van der Waals surface area contributed by atoms with Crippen LogP contribution < -0.4 is 0 Å². The number of aliphatic hydroxyl groups excluding tert-OH is 1. The highest BCUT2D eigenvalue weighted by Crippen LogP contribution is 2.27. The normalized spacial score (nSPS) is 13.3. The first-order valence-corrected chi connectivity index (χ1v) is 5.09. The molecule has 1 atom stereocenters. The van der Waals surface area contributed by atoms with Gasteiger partial charge in [0.25, 0.3) is 0 Å². The highest BCUT2D eigenvalue weighted by atomic mass is 19.1. The lowest BCUT2D eigenvalue weighted by Crippen LogP contribution is -1.95. The van der Waals surface area contributed by atoms with E-state index >= 15 is 0 Å². The first-order chi connectivity index (χ1) is 7.22. The molecule has 0 aliphatic rings. The Bertz CT molecular complexity index is 464. The topological polar surface area (TPSA) is 36.0 Å². The van der Waals surface area contributed by atoms with E-state index in [4.69, 9.17) is 5.11 Å². The third-order valence-corrected chi connectivity index (χ3v) is 2.77. The summed E-state index contributed by atoms with van der Waals surface area (Å²) in [6.45, 7) is 2.19. The number of nitrogens with one attached hydrogen (secondary N) is 1. The lowest BCUT2D eigenvalue weighted by molar-refractivity contribution is 0.279. The van der Waals surface area contributed by atoms with E-state index in [9.17, 15) is 4.39 Å². The number of H-pyrrole nitrogens is 1. The van der Waals surface area contributed by atoms with Crippen molar-refractivity contribution in [3.63, 3.8) is 0 Å². The number of benzene rings is 1. The fraction of sp³-hybridized carbons (Fsp3) is 0.333. The van der Waals surface area contributed by atoms with Crippen molar-refractivity contribution in [2.75, 3.05) is 6.61 Å². The molecule has 0 bridgehead atoms. The Balaban J connectivity index is 2.47. The second kappa shape index (κ2) is 4.03. The standard InChI is InChI=1S/C12H14FNO/c1-8(4-5-15)11-7-14-12-3-2-9(13)6-10(11)12/h2-3,6-8,14-15H,4-5H2,1H3/t8-/m1/s1. The molecule has 0 aliphatic carbocycles. The van der Waals surface area contributed by atoms with Gasteiger partial charge in [-0.05, 0) is 36.1 Å². The first-order valence-electron chi connectivity index (χ1n) is 5.09. The Hall–Kier alpha value is -1.35. The largest absolute Gasteiger partial charge is 0.396 e. The van der Waals surface area contributed by atoms with Crippen LogP contribution in [-0.4, -0.2) is 16.7 Å². The molecule has 0 unspecified atom stereocenters. The van der Waals surface area contributed by atoms with Gasteiger partial charge in [0.1, 0.15) is 5.82 Å². The van der Waals surface area contributed by atoms with E-state index in [1.165, 1.54) is 12.1 Å². The Morgan fingerprint density at radius 1 is 1.47 bits per heavy atom. The van der Waals surface area contributed by atoms with E-state index in [0.717, 1.165) is 16.5 Å². The van der Waals surface area contributed by atoms with Crippen LogP contribution in [0.4, 0.5) is 4.39 Å². The molecule has 0 aliphatic heterocycles. The molecular formula is C12H14FNO. The van der Waals surface area contributed by atoms with E-state index in [1.54, 1.807) is 6.07 Å². The predicted molar refractivity (Wildman–Crippen MR) is 58.4 cm³/mol. The highest BCUT2D eigenvalue weighted by Gasteiger charge is 2.11. The van der Waals surface area contributed by atoms with E-state index < -0.39 is 0 Å². The molecule has 1 aromatic carbocycles. The third kappa shape index (κ3) is 1.88. The fourth-order valence-electron chi connectivity index (χ4n) is 1.87. The van der Waals surface area contributed by atoms with Crippen molar-refractivity contribution in [3.05, 3.63) is 35.8 Å². The summed E-state index contributed by atoms with van der Waals surface area (Å²) in [5.74, 6) is 0.0186. The second-order valence-electron chi connectivity index (χ2n) is 3.85. The van der Waals surface area contributed by atoms with E-state index in [2.05, 4.69) is 4.98 Å². The quantitative estimate of drug-likeness (QED) is 0.797. The fourth-order valence-corrected chi connectivity index (χ4v) is 1.87. The molecule has 2 aromatic rings. The number of aromatic nitrogens is 1. The summed E-state index contributed by atoms with van der Waals surface area (Å²) in [5.41, 5.74) is 2.01. The molecule has 0 saturated carbocycles. The van der Waals surface area contributed by atoms with Crippen molar-refractivity contribution in [1.29, 1.82) is 0 Å². The van der Waals surface area contributed by atoms with Gasteiger partial charge in [0, 0.05) is 23.7 Å². The number of halogens is 1. The van der Waals surface area contributed by atoms with Gasteiger partial charge in [-0.3, -0.25) is 0 Å². The van der Waals surface area contributed by atoms with E-state index in [1.807, 2.05) is 13.1 Å². The summed E-state index contributed by atoms with van der Waals surface area (Å²) in [6, 6.07) is 4.72. The van der Waals surface area contributed by atoms with Gasteiger partial charge in [-0.15, -0.1) is 0 Å². The molecule has 0 amide bonds. The van der Waals surface area contributed by atoms with Crippen LogP contribution in [0.1, 0.15) is 24.8 Å².